The maximum atomic E-state index is 13.3. The van der Waals surface area contributed by atoms with Crippen molar-refractivity contribution in [3.63, 3.8) is 0 Å². The van der Waals surface area contributed by atoms with Crippen LogP contribution in [0.5, 0.6) is 0 Å². The molecular weight excluding hydrogens is 440 g/mol. The summed E-state index contributed by atoms with van der Waals surface area (Å²) in [6, 6.07) is 10.4. The van der Waals surface area contributed by atoms with E-state index in [0.717, 1.165) is 11.6 Å². The Labute approximate surface area is 177 Å². The van der Waals surface area contributed by atoms with Gasteiger partial charge in [0, 0.05) is 23.4 Å². The molecule has 7 nitrogen and oxygen atoms in total. The van der Waals surface area contributed by atoms with Gasteiger partial charge in [-0.1, -0.05) is 29.8 Å². The summed E-state index contributed by atoms with van der Waals surface area (Å²) in [6.45, 7) is 0.363. The van der Waals surface area contributed by atoms with Crippen molar-refractivity contribution in [2.75, 3.05) is 5.32 Å². The molecule has 4 aromatic rings. The highest BCUT2D eigenvalue weighted by Gasteiger charge is 2.22. The topological polar surface area (TPSA) is 77.1 Å². The second-order valence-electron chi connectivity index (χ2n) is 6.45. The van der Waals surface area contributed by atoms with E-state index in [1.54, 1.807) is 23.0 Å². The molecule has 0 radical (unpaired) electrons. The minimum Gasteiger partial charge on any atom is -0.304 e. The van der Waals surface area contributed by atoms with Crippen molar-refractivity contribution in [1.29, 1.82) is 0 Å². The number of anilines is 1. The molecule has 0 aliphatic carbocycles. The number of nitrogens with one attached hydrogen (secondary N) is 1. The van der Waals surface area contributed by atoms with Gasteiger partial charge >= 0.3 is 0 Å². The first-order chi connectivity index (χ1) is 14.8. The molecule has 0 fully saturated rings. The highest BCUT2D eigenvalue weighted by molar-refractivity contribution is 6.31. The van der Waals surface area contributed by atoms with Crippen molar-refractivity contribution in [2.24, 2.45) is 0 Å². The fraction of sp³-hybridized carbons (Fsp3) is 0.158. The van der Waals surface area contributed by atoms with E-state index in [4.69, 9.17) is 11.6 Å². The van der Waals surface area contributed by atoms with E-state index in [1.165, 1.54) is 6.07 Å². The van der Waals surface area contributed by atoms with E-state index >= 15 is 0 Å². The lowest BCUT2D eigenvalue weighted by Gasteiger charge is -2.06. The Bertz CT molecular complexity index is 1260. The van der Waals surface area contributed by atoms with E-state index in [1.807, 2.05) is 12.1 Å². The lowest BCUT2D eigenvalue weighted by Crippen LogP contribution is -2.14. The zero-order chi connectivity index (χ0) is 22.1. The minimum atomic E-state index is -3.08. The van der Waals surface area contributed by atoms with Crippen molar-refractivity contribution in [1.82, 2.24) is 24.4 Å². The Hall–Kier alpha value is -3.47. The number of benzene rings is 1. The Balaban J connectivity index is 1.56. The minimum absolute atomic E-state index is 0.185. The molecule has 1 amide bonds. The van der Waals surface area contributed by atoms with Gasteiger partial charge in [-0.25, -0.2) is 27.1 Å². The quantitative estimate of drug-likeness (QED) is 0.428. The number of alkyl halides is 4. The summed E-state index contributed by atoms with van der Waals surface area (Å²) >= 11 is 6.12. The van der Waals surface area contributed by atoms with Crippen molar-refractivity contribution in [2.45, 2.75) is 19.4 Å². The van der Waals surface area contributed by atoms with Crippen LogP contribution in [0.1, 0.15) is 40.3 Å². The molecule has 4 rings (SSSR count). The van der Waals surface area contributed by atoms with Crippen LogP contribution in [0.4, 0.5) is 23.4 Å². The number of halogens is 5. The molecular formula is C19H13ClF4N6O. The largest absolute Gasteiger partial charge is 0.304 e. The van der Waals surface area contributed by atoms with Gasteiger partial charge in [-0.2, -0.15) is 10.2 Å². The molecule has 0 spiro atoms. The van der Waals surface area contributed by atoms with Gasteiger partial charge in [0.05, 0.1) is 6.54 Å². The molecule has 0 aliphatic heterocycles. The highest BCUT2D eigenvalue weighted by Crippen LogP contribution is 2.25. The monoisotopic (exact) mass is 452 g/mol. The van der Waals surface area contributed by atoms with E-state index in [0.29, 0.717) is 22.1 Å². The van der Waals surface area contributed by atoms with Crippen LogP contribution in [-0.4, -0.2) is 30.3 Å². The van der Waals surface area contributed by atoms with E-state index in [-0.39, 0.29) is 17.2 Å². The van der Waals surface area contributed by atoms with Crippen LogP contribution < -0.4 is 5.32 Å². The predicted molar refractivity (Wildman–Crippen MR) is 104 cm³/mol. The van der Waals surface area contributed by atoms with Gasteiger partial charge in [0.25, 0.3) is 18.8 Å². The predicted octanol–water partition coefficient (Wildman–Crippen LogP) is 4.76. The first kappa shape index (κ1) is 20.8. The van der Waals surface area contributed by atoms with Crippen LogP contribution in [0.2, 0.25) is 5.02 Å². The summed E-state index contributed by atoms with van der Waals surface area (Å²) in [4.78, 5) is 16.1. The van der Waals surface area contributed by atoms with E-state index in [9.17, 15) is 22.4 Å². The molecule has 3 aromatic heterocycles. The highest BCUT2D eigenvalue weighted by atomic mass is 35.5. The van der Waals surface area contributed by atoms with Crippen LogP contribution >= 0.6 is 11.6 Å². The number of amides is 1. The van der Waals surface area contributed by atoms with Gasteiger partial charge in [0.2, 0.25) is 0 Å². The Morgan fingerprint density at radius 3 is 2.55 bits per heavy atom. The molecule has 31 heavy (non-hydrogen) atoms. The lowest BCUT2D eigenvalue weighted by molar-refractivity contribution is 0.102. The van der Waals surface area contributed by atoms with Gasteiger partial charge in [0.1, 0.15) is 11.4 Å². The summed E-state index contributed by atoms with van der Waals surface area (Å²) in [5.41, 5.74) is -1.36. The molecule has 3 heterocycles. The summed E-state index contributed by atoms with van der Waals surface area (Å²) < 4.78 is 54.6. The number of nitrogens with zero attached hydrogens (tertiary/aromatic N) is 5. The smallest absolute Gasteiger partial charge is 0.280 e. The average molecular weight is 453 g/mol. The second kappa shape index (κ2) is 8.34. The van der Waals surface area contributed by atoms with Gasteiger partial charge in [-0.05, 0) is 17.7 Å². The lowest BCUT2D eigenvalue weighted by atomic mass is 10.2. The van der Waals surface area contributed by atoms with Crippen LogP contribution in [0, 0.1) is 0 Å². The first-order valence-electron chi connectivity index (χ1n) is 8.87. The van der Waals surface area contributed by atoms with Crippen molar-refractivity contribution < 1.29 is 22.4 Å². The third-order valence-electron chi connectivity index (χ3n) is 4.33. The van der Waals surface area contributed by atoms with Gasteiger partial charge < -0.3 is 5.32 Å². The maximum Gasteiger partial charge on any atom is 0.280 e. The van der Waals surface area contributed by atoms with Gasteiger partial charge in [-0.15, -0.1) is 0 Å². The van der Waals surface area contributed by atoms with Crippen molar-refractivity contribution >= 4 is 29.0 Å². The number of fused-ring (bicyclic) bond motifs is 1. The van der Waals surface area contributed by atoms with Crippen LogP contribution in [0.15, 0.2) is 48.7 Å². The molecule has 0 unspecified atom stereocenters. The number of hydrogen-bond donors (Lipinski definition) is 1. The number of carbonyl (C=O) groups excluding carboxylic acids is 1. The molecule has 0 atom stereocenters. The number of rotatable bonds is 6. The van der Waals surface area contributed by atoms with Crippen LogP contribution in [-0.2, 0) is 6.54 Å². The standard InChI is InChI=1S/C19H13ClF4N6O/c20-11-4-2-1-3-10(11)9-29-6-5-15(28-29)26-19(31)13-8-16-25-12(17(21)22)7-14(18(23)24)30(16)27-13/h1-8,17-18H,9H2,(H,26,28,31). The third kappa shape index (κ3) is 4.36. The second-order valence-corrected chi connectivity index (χ2v) is 6.86. The molecule has 12 heteroatoms. The van der Waals surface area contributed by atoms with Crippen LogP contribution in [0.25, 0.3) is 5.65 Å². The molecule has 1 aromatic carbocycles. The summed E-state index contributed by atoms with van der Waals surface area (Å²) in [5, 5.41) is 11.0. The van der Waals surface area contributed by atoms with Crippen molar-refractivity contribution in [3.05, 3.63) is 76.3 Å². The van der Waals surface area contributed by atoms with E-state index in [2.05, 4.69) is 20.5 Å². The number of carbonyl (C=O) groups is 1. The molecule has 0 saturated heterocycles. The molecule has 0 bridgehead atoms. The molecule has 0 aliphatic rings. The number of hydrogen-bond acceptors (Lipinski definition) is 4. The molecule has 160 valence electrons. The first-order valence-corrected chi connectivity index (χ1v) is 9.24. The maximum absolute atomic E-state index is 13.3. The normalized spacial score (nSPS) is 11.6. The Morgan fingerprint density at radius 1 is 1.06 bits per heavy atom. The Kier molecular flexibility index (Phi) is 5.59. The van der Waals surface area contributed by atoms with Crippen molar-refractivity contribution in [3.8, 4) is 0 Å². The zero-order valence-corrected chi connectivity index (χ0v) is 16.3. The SMILES string of the molecule is O=C(Nc1ccn(Cc2ccccc2Cl)n1)c1cc2nc(C(F)F)cc(C(F)F)n2n1. The van der Waals surface area contributed by atoms with Crippen LogP contribution in [0.3, 0.4) is 0 Å². The summed E-state index contributed by atoms with van der Waals surface area (Å²) in [6.07, 6.45) is -4.51. The number of aromatic nitrogens is 5. The fourth-order valence-electron chi connectivity index (χ4n) is 2.89. The average Bonchev–Trinajstić information content (AvgIpc) is 3.35. The van der Waals surface area contributed by atoms with Gasteiger partial charge in [-0.3, -0.25) is 9.48 Å². The third-order valence-corrected chi connectivity index (χ3v) is 4.70. The molecule has 0 saturated carbocycles. The molecule has 1 N–H and O–H groups in total. The van der Waals surface area contributed by atoms with Gasteiger partial charge in [0.15, 0.2) is 17.2 Å². The zero-order valence-electron chi connectivity index (χ0n) is 15.5. The summed E-state index contributed by atoms with van der Waals surface area (Å²) in [5.74, 6) is -0.572. The summed E-state index contributed by atoms with van der Waals surface area (Å²) in [7, 11) is 0. The van der Waals surface area contributed by atoms with E-state index < -0.39 is 30.1 Å². The Morgan fingerprint density at radius 2 is 1.84 bits per heavy atom. The fourth-order valence-corrected chi connectivity index (χ4v) is 3.09.